The number of hydrogen-bond acceptors (Lipinski definition) is 1. The van der Waals surface area contributed by atoms with Gasteiger partial charge in [0, 0.05) is 27.9 Å². The smallest absolute Gasteiger partial charge is 0.0465 e. The predicted molar refractivity (Wildman–Crippen MR) is 254 cm³/mol. The van der Waals surface area contributed by atoms with E-state index < -0.39 is 0 Å². The van der Waals surface area contributed by atoms with Gasteiger partial charge in [-0.1, -0.05) is 179 Å². The molecule has 0 radical (unpaired) electrons. The Morgan fingerprint density at radius 3 is 1.72 bits per heavy atom. The SMILES string of the molecule is CC1(C)c2ccccc2-c2cccc(-c3ccc(N(c4ccc(-c5ccc6c(ccc7ccccc76)c5)cc4)c4ccc5c(c4)C4(CCCCC4)c4ccccc4-5)cc3)c21. The zero-order chi connectivity index (χ0) is 40.0. The molecule has 0 bridgehead atoms. The Kier molecular flexibility index (Phi) is 7.88. The molecule has 1 heteroatoms. The summed E-state index contributed by atoms with van der Waals surface area (Å²) in [4.78, 5) is 2.48. The molecule has 0 saturated heterocycles. The highest BCUT2D eigenvalue weighted by molar-refractivity contribution is 6.08. The van der Waals surface area contributed by atoms with Gasteiger partial charge in [-0.15, -0.1) is 0 Å². The van der Waals surface area contributed by atoms with E-state index in [2.05, 4.69) is 207 Å². The van der Waals surface area contributed by atoms with Crippen molar-refractivity contribution < 1.29 is 0 Å². The Morgan fingerprint density at radius 2 is 0.933 bits per heavy atom. The van der Waals surface area contributed by atoms with E-state index in [0.29, 0.717) is 0 Å². The average Bonchev–Trinajstić information content (AvgIpc) is 3.71. The summed E-state index contributed by atoms with van der Waals surface area (Å²) in [5.74, 6) is 0. The highest BCUT2D eigenvalue weighted by Gasteiger charge is 2.44. The van der Waals surface area contributed by atoms with Crippen LogP contribution < -0.4 is 4.90 Å². The minimum atomic E-state index is -0.0785. The van der Waals surface area contributed by atoms with Gasteiger partial charge in [-0.2, -0.15) is 0 Å². The zero-order valence-corrected chi connectivity index (χ0v) is 34.4. The monoisotopic (exact) mass is 769 g/mol. The normalized spacial score (nSPS) is 15.4. The van der Waals surface area contributed by atoms with E-state index in [4.69, 9.17) is 0 Å². The number of nitrogens with zero attached hydrogens (tertiary/aromatic N) is 1. The maximum Gasteiger partial charge on any atom is 0.0465 e. The molecule has 0 atom stereocenters. The van der Waals surface area contributed by atoms with Crippen LogP contribution in [0.2, 0.25) is 0 Å². The zero-order valence-electron chi connectivity index (χ0n) is 34.4. The van der Waals surface area contributed by atoms with Crippen molar-refractivity contribution in [3.05, 3.63) is 210 Å². The summed E-state index contributed by atoms with van der Waals surface area (Å²) < 4.78 is 0. The molecule has 3 aliphatic carbocycles. The third-order valence-electron chi connectivity index (χ3n) is 14.4. The Labute approximate surface area is 353 Å². The summed E-state index contributed by atoms with van der Waals surface area (Å²) in [6.07, 6.45) is 6.31. The van der Waals surface area contributed by atoms with E-state index in [1.165, 1.54) is 126 Å². The standard InChI is InChI=1S/C59H47N/c1-58(2)54-19-8-6-16-51(54)53-18-12-17-49(57(53)58)41-25-30-45(31-26-41)60(46-32-34-52-50-15-7-9-20-55(50)59(56(52)38-46)35-10-3-11-36-59)44-28-23-39(24-29-44)42-27-33-48-43(37-42)22-21-40-13-4-5-14-47(40)48/h4-9,12-34,37-38H,3,10-11,35-36H2,1-2H3. The minimum Gasteiger partial charge on any atom is -0.310 e. The molecule has 0 amide bonds. The topological polar surface area (TPSA) is 3.24 Å². The molecule has 3 aliphatic rings. The summed E-state index contributed by atoms with van der Waals surface area (Å²) in [5.41, 5.74) is 20.0. The fraction of sp³-hybridized carbons (Fsp3) is 0.153. The maximum atomic E-state index is 2.54. The fourth-order valence-corrected chi connectivity index (χ4v) is 11.6. The second-order valence-electron chi connectivity index (χ2n) is 18.0. The van der Waals surface area contributed by atoms with Crippen molar-refractivity contribution in [2.45, 2.75) is 56.8 Å². The molecule has 0 N–H and O–H groups in total. The number of hydrogen-bond donors (Lipinski definition) is 0. The largest absolute Gasteiger partial charge is 0.310 e. The van der Waals surface area contributed by atoms with Crippen molar-refractivity contribution in [1.29, 1.82) is 0 Å². The van der Waals surface area contributed by atoms with E-state index in [0.717, 1.165) is 11.4 Å². The predicted octanol–water partition coefficient (Wildman–Crippen LogP) is 16.3. The van der Waals surface area contributed by atoms with Gasteiger partial charge >= 0.3 is 0 Å². The lowest BCUT2D eigenvalue weighted by Crippen LogP contribution is -2.28. The Hall–Kier alpha value is -6.70. The molecule has 60 heavy (non-hydrogen) atoms. The molecule has 12 rings (SSSR count). The van der Waals surface area contributed by atoms with Crippen molar-refractivity contribution in [2.24, 2.45) is 0 Å². The highest BCUT2D eigenvalue weighted by Crippen LogP contribution is 2.57. The van der Waals surface area contributed by atoms with Crippen LogP contribution in [0.1, 0.15) is 68.2 Å². The Bertz CT molecular complexity index is 3140. The van der Waals surface area contributed by atoms with Gasteiger partial charge in [0.2, 0.25) is 0 Å². The van der Waals surface area contributed by atoms with E-state index >= 15 is 0 Å². The van der Waals surface area contributed by atoms with Crippen LogP contribution in [0.4, 0.5) is 17.1 Å². The van der Waals surface area contributed by atoms with Gasteiger partial charge < -0.3 is 4.90 Å². The lowest BCUT2D eigenvalue weighted by molar-refractivity contribution is 0.353. The van der Waals surface area contributed by atoms with Crippen molar-refractivity contribution >= 4 is 38.6 Å². The van der Waals surface area contributed by atoms with Gasteiger partial charge in [-0.25, -0.2) is 0 Å². The van der Waals surface area contributed by atoms with E-state index in [-0.39, 0.29) is 10.8 Å². The molecule has 0 aliphatic heterocycles. The average molecular weight is 770 g/mol. The van der Waals surface area contributed by atoms with Gasteiger partial charge in [-0.3, -0.25) is 0 Å². The molecular formula is C59H47N. The molecule has 0 aromatic heterocycles. The van der Waals surface area contributed by atoms with Crippen molar-refractivity contribution in [2.75, 3.05) is 4.90 Å². The maximum absolute atomic E-state index is 2.54. The van der Waals surface area contributed by atoms with E-state index in [1.54, 1.807) is 0 Å². The van der Waals surface area contributed by atoms with E-state index in [1.807, 2.05) is 0 Å². The number of fused-ring (bicyclic) bond motifs is 11. The fourth-order valence-electron chi connectivity index (χ4n) is 11.6. The second-order valence-corrected chi connectivity index (χ2v) is 18.0. The number of rotatable bonds is 5. The summed E-state index contributed by atoms with van der Waals surface area (Å²) in [5, 5.41) is 5.15. The van der Waals surface area contributed by atoms with Gasteiger partial charge in [-0.05, 0) is 144 Å². The molecular weight excluding hydrogens is 723 g/mol. The highest BCUT2D eigenvalue weighted by atomic mass is 15.1. The quantitative estimate of drug-likeness (QED) is 0.158. The van der Waals surface area contributed by atoms with Crippen molar-refractivity contribution in [1.82, 2.24) is 0 Å². The van der Waals surface area contributed by atoms with Crippen LogP contribution in [-0.4, -0.2) is 0 Å². The van der Waals surface area contributed by atoms with Crippen molar-refractivity contribution in [3.8, 4) is 44.5 Å². The summed E-state index contributed by atoms with van der Waals surface area (Å²) in [6.45, 7) is 4.76. The summed E-state index contributed by atoms with van der Waals surface area (Å²) in [7, 11) is 0. The number of anilines is 3. The molecule has 1 spiro atoms. The molecule has 9 aromatic carbocycles. The molecule has 1 nitrogen and oxygen atoms in total. The lowest BCUT2D eigenvalue weighted by Gasteiger charge is -2.36. The summed E-state index contributed by atoms with van der Waals surface area (Å²) >= 11 is 0. The van der Waals surface area contributed by atoms with Crippen molar-refractivity contribution in [3.63, 3.8) is 0 Å². The van der Waals surface area contributed by atoms with E-state index in [9.17, 15) is 0 Å². The first kappa shape index (κ1) is 35.3. The van der Waals surface area contributed by atoms with Crippen LogP contribution in [0.25, 0.3) is 66.1 Å². The first-order valence-electron chi connectivity index (χ1n) is 21.9. The molecule has 0 unspecified atom stereocenters. The summed E-state index contributed by atoms with van der Waals surface area (Å²) in [6, 6.07) is 71.0. The lowest BCUT2D eigenvalue weighted by atomic mass is 9.68. The van der Waals surface area contributed by atoms with Crippen LogP contribution in [-0.2, 0) is 10.8 Å². The Morgan fingerprint density at radius 1 is 0.367 bits per heavy atom. The molecule has 288 valence electrons. The van der Waals surface area contributed by atoms with Gasteiger partial charge in [0.15, 0.2) is 0 Å². The minimum absolute atomic E-state index is 0.0785. The third-order valence-corrected chi connectivity index (χ3v) is 14.4. The molecule has 9 aromatic rings. The van der Waals surface area contributed by atoms with Gasteiger partial charge in [0.25, 0.3) is 0 Å². The van der Waals surface area contributed by atoms with Crippen LogP contribution in [0.3, 0.4) is 0 Å². The molecule has 1 fully saturated rings. The first-order chi connectivity index (χ1) is 29.5. The molecule has 0 heterocycles. The third kappa shape index (κ3) is 5.25. The second kappa shape index (κ2) is 13.4. The molecule has 1 saturated carbocycles. The van der Waals surface area contributed by atoms with Crippen LogP contribution >= 0.6 is 0 Å². The van der Waals surface area contributed by atoms with Crippen LogP contribution in [0.5, 0.6) is 0 Å². The van der Waals surface area contributed by atoms with Gasteiger partial charge in [0.05, 0.1) is 0 Å². The number of benzene rings is 9. The first-order valence-corrected chi connectivity index (χ1v) is 21.9. The van der Waals surface area contributed by atoms with Crippen LogP contribution in [0, 0.1) is 0 Å². The van der Waals surface area contributed by atoms with Crippen LogP contribution in [0.15, 0.2) is 188 Å². The Balaban J connectivity index is 0.970. The van der Waals surface area contributed by atoms with Gasteiger partial charge in [0.1, 0.15) is 0 Å².